The average molecular weight is 609 g/mol. The Morgan fingerprint density at radius 1 is 0.698 bits per heavy atom. The van der Waals surface area contributed by atoms with Gasteiger partial charge in [-0.2, -0.15) is 0 Å². The Labute approximate surface area is 251 Å². The van der Waals surface area contributed by atoms with Crippen LogP contribution in [0.2, 0.25) is 0 Å². The van der Waals surface area contributed by atoms with Gasteiger partial charge in [-0.25, -0.2) is 4.99 Å². The number of benzene rings is 1. The first-order valence-electron chi connectivity index (χ1n) is 14.0. The second kappa shape index (κ2) is 24.8. The van der Waals surface area contributed by atoms with Gasteiger partial charge in [0.25, 0.3) is 5.91 Å². The lowest BCUT2D eigenvalue weighted by Gasteiger charge is -2.16. The first-order chi connectivity index (χ1) is 20.8. The summed E-state index contributed by atoms with van der Waals surface area (Å²) in [5.41, 5.74) is 6.11. The minimum atomic E-state index is -0.909. The average Bonchev–Trinajstić information content (AvgIpc) is 3.00. The van der Waals surface area contributed by atoms with Crippen molar-refractivity contribution in [1.29, 1.82) is 0 Å². The van der Waals surface area contributed by atoms with E-state index in [2.05, 4.69) is 33.0 Å². The molecular formula is C28H44N6O9. The lowest BCUT2D eigenvalue weighted by Crippen LogP contribution is -2.47. The third-order valence-electron chi connectivity index (χ3n) is 5.49. The van der Waals surface area contributed by atoms with Crippen molar-refractivity contribution in [2.75, 3.05) is 79.0 Å². The van der Waals surface area contributed by atoms with Gasteiger partial charge in [0, 0.05) is 32.4 Å². The zero-order valence-electron chi connectivity index (χ0n) is 24.5. The molecule has 0 aromatic heterocycles. The minimum absolute atomic E-state index is 0.0470. The fraction of sp³-hybridized carbons (Fsp3) is 0.571. The van der Waals surface area contributed by atoms with Crippen LogP contribution in [-0.2, 0) is 49.3 Å². The highest BCUT2D eigenvalue weighted by Gasteiger charge is 2.20. The van der Waals surface area contributed by atoms with Crippen molar-refractivity contribution < 1.29 is 42.9 Å². The molecule has 6 N–H and O–H groups in total. The van der Waals surface area contributed by atoms with Crippen molar-refractivity contribution in [3.8, 4) is 0 Å². The molecule has 0 saturated heterocycles. The summed E-state index contributed by atoms with van der Waals surface area (Å²) in [5, 5.41) is 10.0. The molecule has 0 bridgehead atoms. The van der Waals surface area contributed by atoms with E-state index in [-0.39, 0.29) is 51.0 Å². The molecule has 0 spiro atoms. The van der Waals surface area contributed by atoms with Crippen LogP contribution in [0.5, 0.6) is 0 Å². The van der Waals surface area contributed by atoms with Crippen molar-refractivity contribution in [2.24, 2.45) is 10.7 Å². The molecule has 1 aromatic carbocycles. The molecule has 0 aliphatic carbocycles. The number of amides is 5. The molecule has 0 aliphatic heterocycles. The van der Waals surface area contributed by atoms with E-state index >= 15 is 0 Å². The standard InChI is InChI=1S/C28H44N6O9/c1-30-28(39)23(19-22-5-3-2-4-6-22)34-27(38)21-33-26(37)20-32-25(36)8-11-40-13-15-42-17-18-43-16-14-41-12-10-31-24(35)7-9-29/h2-6,23H,1,7-21,29H2,(H,31,35)(H,32,36)(H,33,37)(H,34,38)/t23-/m0/s1. The lowest BCUT2D eigenvalue weighted by atomic mass is 10.1. The zero-order valence-corrected chi connectivity index (χ0v) is 24.5. The monoisotopic (exact) mass is 608 g/mol. The highest BCUT2D eigenvalue weighted by atomic mass is 16.6. The second-order valence-electron chi connectivity index (χ2n) is 8.95. The van der Waals surface area contributed by atoms with Gasteiger partial charge in [0.05, 0.1) is 65.9 Å². The topological polar surface area (TPSA) is 209 Å². The van der Waals surface area contributed by atoms with E-state index < -0.39 is 23.8 Å². The summed E-state index contributed by atoms with van der Waals surface area (Å²) >= 11 is 0. The van der Waals surface area contributed by atoms with Gasteiger partial charge in [0.2, 0.25) is 23.6 Å². The minimum Gasteiger partial charge on any atom is -0.379 e. The highest BCUT2D eigenvalue weighted by molar-refractivity contribution is 5.92. The van der Waals surface area contributed by atoms with Crippen molar-refractivity contribution >= 4 is 36.3 Å². The van der Waals surface area contributed by atoms with Gasteiger partial charge in [0.1, 0.15) is 6.04 Å². The molecular weight excluding hydrogens is 564 g/mol. The maximum absolute atomic E-state index is 12.2. The van der Waals surface area contributed by atoms with Gasteiger partial charge in [-0.15, -0.1) is 0 Å². The number of hydrogen-bond acceptors (Lipinski definition) is 10. The predicted octanol–water partition coefficient (Wildman–Crippen LogP) is -1.90. The Morgan fingerprint density at radius 2 is 1.23 bits per heavy atom. The molecule has 1 aromatic rings. The van der Waals surface area contributed by atoms with Crippen LogP contribution in [0.15, 0.2) is 35.3 Å². The van der Waals surface area contributed by atoms with Crippen molar-refractivity contribution in [1.82, 2.24) is 21.3 Å². The normalized spacial score (nSPS) is 11.3. The number of ether oxygens (including phenoxy) is 4. The van der Waals surface area contributed by atoms with Crippen LogP contribution in [0.1, 0.15) is 18.4 Å². The molecule has 0 saturated carbocycles. The third-order valence-corrected chi connectivity index (χ3v) is 5.49. The molecule has 15 nitrogen and oxygen atoms in total. The van der Waals surface area contributed by atoms with Gasteiger partial charge >= 0.3 is 0 Å². The summed E-state index contributed by atoms with van der Waals surface area (Å²) in [5.74, 6) is -2.22. The molecule has 0 fully saturated rings. The second-order valence-corrected chi connectivity index (χ2v) is 8.95. The molecule has 0 heterocycles. The van der Waals surface area contributed by atoms with Gasteiger partial charge in [-0.05, 0) is 12.3 Å². The van der Waals surface area contributed by atoms with Crippen molar-refractivity contribution in [2.45, 2.75) is 25.3 Å². The lowest BCUT2D eigenvalue weighted by molar-refractivity contribution is -0.129. The van der Waals surface area contributed by atoms with Gasteiger partial charge < -0.3 is 45.9 Å². The van der Waals surface area contributed by atoms with Crippen LogP contribution < -0.4 is 27.0 Å². The Bertz CT molecular complexity index is 981. The number of nitrogens with zero attached hydrogens (tertiary/aromatic N) is 1. The maximum Gasteiger partial charge on any atom is 0.267 e. The van der Waals surface area contributed by atoms with Crippen LogP contribution in [-0.4, -0.2) is 121 Å². The van der Waals surface area contributed by atoms with E-state index in [1.54, 1.807) is 0 Å². The van der Waals surface area contributed by atoms with Crippen LogP contribution >= 0.6 is 0 Å². The van der Waals surface area contributed by atoms with Gasteiger partial charge in [-0.3, -0.25) is 24.0 Å². The summed E-state index contributed by atoms with van der Waals surface area (Å²) < 4.78 is 21.4. The Morgan fingerprint density at radius 3 is 1.84 bits per heavy atom. The fourth-order valence-electron chi connectivity index (χ4n) is 3.32. The highest BCUT2D eigenvalue weighted by Crippen LogP contribution is 2.04. The Balaban J connectivity index is 1.99. The molecule has 43 heavy (non-hydrogen) atoms. The van der Waals surface area contributed by atoms with Crippen LogP contribution in [0, 0.1) is 0 Å². The largest absolute Gasteiger partial charge is 0.379 e. The molecule has 1 rings (SSSR count). The Hall–Kier alpha value is -3.76. The summed E-state index contributed by atoms with van der Waals surface area (Å²) in [6, 6.07) is 8.18. The zero-order chi connectivity index (χ0) is 31.5. The number of nitrogens with two attached hydrogens (primary N) is 1. The maximum atomic E-state index is 12.2. The van der Waals surface area contributed by atoms with E-state index in [9.17, 15) is 24.0 Å². The summed E-state index contributed by atoms with van der Waals surface area (Å²) in [7, 11) is 0. The summed E-state index contributed by atoms with van der Waals surface area (Å²) in [4.78, 5) is 62.7. The van der Waals surface area contributed by atoms with Gasteiger partial charge in [-0.1, -0.05) is 30.3 Å². The first kappa shape index (κ1) is 37.3. The quantitative estimate of drug-likeness (QED) is 0.0615. The Kier molecular flexibility index (Phi) is 21.5. The molecule has 15 heteroatoms. The van der Waals surface area contributed by atoms with E-state index in [1.807, 2.05) is 30.3 Å². The smallest absolute Gasteiger partial charge is 0.267 e. The number of carbonyl (C=O) groups is 5. The fourth-order valence-corrected chi connectivity index (χ4v) is 3.32. The van der Waals surface area contributed by atoms with Crippen LogP contribution in [0.4, 0.5) is 0 Å². The number of nitrogens with one attached hydrogen (secondary N) is 4. The number of carbonyl (C=O) groups excluding carboxylic acids is 5. The molecule has 1 atom stereocenters. The van der Waals surface area contributed by atoms with Crippen LogP contribution in [0.25, 0.3) is 0 Å². The molecule has 0 radical (unpaired) electrons. The van der Waals surface area contributed by atoms with Gasteiger partial charge in [0.15, 0.2) is 0 Å². The molecule has 0 unspecified atom stereocenters. The first-order valence-corrected chi connectivity index (χ1v) is 14.0. The van der Waals surface area contributed by atoms with E-state index in [1.165, 1.54) is 0 Å². The van der Waals surface area contributed by atoms with Crippen molar-refractivity contribution in [3.63, 3.8) is 0 Å². The molecule has 5 amide bonds. The van der Waals surface area contributed by atoms with E-state index in [0.717, 1.165) is 5.56 Å². The third kappa shape index (κ3) is 20.7. The summed E-state index contributed by atoms with van der Waals surface area (Å²) in [6.07, 6.45) is 0.576. The number of hydrogen-bond donors (Lipinski definition) is 5. The van der Waals surface area contributed by atoms with Crippen LogP contribution in [0.3, 0.4) is 0 Å². The molecule has 240 valence electrons. The molecule has 0 aliphatic rings. The van der Waals surface area contributed by atoms with Crippen molar-refractivity contribution in [3.05, 3.63) is 35.9 Å². The predicted molar refractivity (Wildman–Crippen MR) is 157 cm³/mol. The SMILES string of the molecule is C=NC(=O)[C@H](Cc1ccccc1)NC(=O)CNC(=O)CNC(=O)CCOCCOCCOCCOCCNC(=O)CCN. The van der Waals surface area contributed by atoms with E-state index in [0.29, 0.717) is 59.2 Å². The summed E-state index contributed by atoms with van der Waals surface area (Å²) in [6.45, 7) is 6.01. The number of aliphatic imine (C=N–C) groups is 1. The van der Waals surface area contributed by atoms with E-state index in [4.69, 9.17) is 24.7 Å². The number of rotatable bonds is 25.